The molecule has 3 saturated heterocycles. The van der Waals surface area contributed by atoms with Crippen molar-refractivity contribution in [2.75, 3.05) is 37.9 Å². The van der Waals surface area contributed by atoms with Gasteiger partial charge in [-0.3, -0.25) is 15.0 Å². The number of carbonyl (C=O) groups is 2. The van der Waals surface area contributed by atoms with Crippen LogP contribution in [-0.4, -0.2) is 73.4 Å². The van der Waals surface area contributed by atoms with Crippen LogP contribution in [0.1, 0.15) is 54.6 Å². The summed E-state index contributed by atoms with van der Waals surface area (Å²) in [5.74, 6) is 2.46. The number of methoxy groups -OCH3 is 2. The number of aromatic nitrogens is 1. The van der Waals surface area contributed by atoms with Crippen molar-refractivity contribution < 1.29 is 23.8 Å². The Morgan fingerprint density at radius 2 is 1.90 bits per heavy atom. The number of nitrogens with one attached hydrogen (secondary N) is 4. The third-order valence-corrected chi connectivity index (χ3v) is 10.7. The van der Waals surface area contributed by atoms with Gasteiger partial charge in [0.1, 0.15) is 11.4 Å². The lowest BCUT2D eigenvalue weighted by Gasteiger charge is -2.34. The van der Waals surface area contributed by atoms with Crippen molar-refractivity contribution in [3.8, 4) is 11.6 Å². The normalized spacial score (nSPS) is 35.9. The van der Waals surface area contributed by atoms with E-state index in [0.717, 1.165) is 61.2 Å². The number of pyridine rings is 1. The number of amides is 2. The summed E-state index contributed by atoms with van der Waals surface area (Å²) >= 11 is 0. The van der Waals surface area contributed by atoms with Gasteiger partial charge in [0.05, 0.1) is 43.7 Å². The van der Waals surface area contributed by atoms with Gasteiger partial charge in [0, 0.05) is 30.7 Å². The number of carbonyl (C=O) groups excluding carboxylic acids is 2. The molecule has 2 amide bonds. The molecule has 0 radical (unpaired) electrons. The Kier molecular flexibility index (Phi) is 6.13. The molecule has 11 nitrogen and oxygen atoms in total. The lowest BCUT2D eigenvalue weighted by atomic mass is 9.74. The minimum atomic E-state index is -0.413. The number of benzene rings is 1. The summed E-state index contributed by atoms with van der Waals surface area (Å²) in [6, 6.07) is 9.89. The van der Waals surface area contributed by atoms with Crippen LogP contribution in [0.15, 0.2) is 30.3 Å². The third kappa shape index (κ3) is 4.08. The van der Waals surface area contributed by atoms with E-state index in [2.05, 4.69) is 26.5 Å². The van der Waals surface area contributed by atoms with Gasteiger partial charge in [-0.05, 0) is 86.3 Å². The molecular formula is C31H38N6O5. The summed E-state index contributed by atoms with van der Waals surface area (Å²) in [6.07, 6.45) is 6.33. The van der Waals surface area contributed by atoms with Crippen molar-refractivity contribution in [1.29, 1.82) is 0 Å². The Morgan fingerprint density at radius 1 is 1.07 bits per heavy atom. The molecule has 4 N–H and O–H groups in total. The molecule has 2 bridgehead atoms. The summed E-state index contributed by atoms with van der Waals surface area (Å²) in [6.45, 7) is 1.24. The van der Waals surface area contributed by atoms with Gasteiger partial charge in [-0.1, -0.05) is 0 Å². The van der Waals surface area contributed by atoms with Crippen LogP contribution >= 0.6 is 0 Å². The number of ether oxygens (including phenoxy) is 3. The van der Waals surface area contributed by atoms with Crippen molar-refractivity contribution in [1.82, 2.24) is 20.7 Å². The Labute approximate surface area is 245 Å². The molecule has 8 rings (SSSR count). The minimum absolute atomic E-state index is 0.00370. The zero-order valence-electron chi connectivity index (χ0n) is 24.0. The molecule has 4 aliphatic heterocycles. The average Bonchev–Trinajstić information content (AvgIpc) is 3.39. The second-order valence-corrected chi connectivity index (χ2v) is 12.8. The van der Waals surface area contributed by atoms with Crippen LogP contribution in [0, 0.1) is 17.8 Å². The van der Waals surface area contributed by atoms with Gasteiger partial charge in [0.25, 0.3) is 5.91 Å². The molecular weight excluding hydrogens is 536 g/mol. The first-order valence-corrected chi connectivity index (χ1v) is 15.2. The Hall–Kier alpha value is -3.41. The van der Waals surface area contributed by atoms with Gasteiger partial charge < -0.3 is 29.7 Å². The lowest BCUT2D eigenvalue weighted by molar-refractivity contribution is -0.118. The smallest absolute Gasteiger partial charge is 0.272 e. The number of nitrogens with zero attached hydrogens (tertiary/aromatic N) is 2. The molecule has 11 heteroatoms. The van der Waals surface area contributed by atoms with E-state index in [4.69, 9.17) is 14.2 Å². The summed E-state index contributed by atoms with van der Waals surface area (Å²) in [7, 11) is 3.25. The molecule has 6 unspecified atom stereocenters. The van der Waals surface area contributed by atoms with E-state index in [1.807, 2.05) is 29.2 Å². The number of rotatable bonds is 6. The van der Waals surface area contributed by atoms with E-state index in [0.29, 0.717) is 48.5 Å². The van der Waals surface area contributed by atoms with Crippen LogP contribution in [-0.2, 0) is 14.9 Å². The molecule has 1 spiro atoms. The van der Waals surface area contributed by atoms with Crippen LogP contribution in [0.25, 0.3) is 0 Å². The molecule has 1 aromatic heterocycles. The fraction of sp³-hybridized carbons (Fsp3) is 0.581. The highest BCUT2D eigenvalue weighted by atomic mass is 16.5. The Balaban J connectivity index is 0.927. The SMILES string of the molecule is COc1ccc2c(c1)[C@]1(C[C@H]1C1CCC3C(C1)NNC3Nc1ccc(C(=O)N3CC4CCC(C3)O4)nc1OC)C(=O)N2. The van der Waals surface area contributed by atoms with Crippen LogP contribution < -0.4 is 31.0 Å². The molecule has 5 fully saturated rings. The number of hydrogen-bond donors (Lipinski definition) is 4. The van der Waals surface area contributed by atoms with Crippen LogP contribution in [0.2, 0.25) is 0 Å². The predicted molar refractivity (Wildman–Crippen MR) is 154 cm³/mol. The largest absolute Gasteiger partial charge is 0.497 e. The first-order chi connectivity index (χ1) is 20.5. The number of morpholine rings is 1. The van der Waals surface area contributed by atoms with Gasteiger partial charge >= 0.3 is 0 Å². The van der Waals surface area contributed by atoms with Gasteiger partial charge in [-0.2, -0.15) is 0 Å². The van der Waals surface area contributed by atoms with Crippen molar-refractivity contribution in [3.63, 3.8) is 0 Å². The highest BCUT2D eigenvalue weighted by Crippen LogP contribution is 2.65. The Morgan fingerprint density at radius 3 is 2.69 bits per heavy atom. The molecule has 42 heavy (non-hydrogen) atoms. The molecule has 222 valence electrons. The number of hydrazine groups is 1. The van der Waals surface area contributed by atoms with E-state index < -0.39 is 5.41 Å². The zero-order valence-corrected chi connectivity index (χ0v) is 24.0. The number of anilines is 2. The minimum Gasteiger partial charge on any atom is -0.497 e. The van der Waals surface area contributed by atoms with Crippen molar-refractivity contribution in [3.05, 3.63) is 41.6 Å². The highest BCUT2D eigenvalue weighted by Gasteiger charge is 2.67. The summed E-state index contributed by atoms with van der Waals surface area (Å²) in [5, 5.41) is 6.70. The van der Waals surface area contributed by atoms with E-state index >= 15 is 0 Å². The molecule has 5 heterocycles. The second kappa shape index (κ2) is 9.82. The lowest BCUT2D eigenvalue weighted by Crippen LogP contribution is -2.46. The standard InChI is InChI=1S/C31H38N6O5/c1-40-17-6-8-23-21(12-17)31(30(39)34-23)13-22(31)16-3-7-20-26(11-16)35-36-27(20)32-24-9-10-25(33-28(24)41-2)29(38)37-14-18-4-5-19(15-37)42-18/h6,8-10,12,16,18-20,22,26-27,32,35-36H,3-5,7,11,13-15H2,1-2H3,(H,34,39)/t16?,18?,19?,20?,22-,26?,27?,31-/m0/s1. The first-order valence-electron chi connectivity index (χ1n) is 15.2. The van der Waals surface area contributed by atoms with Crippen LogP contribution in [0.3, 0.4) is 0 Å². The first kappa shape index (κ1) is 26.2. The Bertz CT molecular complexity index is 1420. The quantitative estimate of drug-likeness (QED) is 0.412. The summed E-state index contributed by atoms with van der Waals surface area (Å²) < 4.78 is 17.0. The maximum absolute atomic E-state index is 13.2. The van der Waals surface area contributed by atoms with E-state index in [9.17, 15) is 9.59 Å². The maximum atomic E-state index is 13.2. The molecule has 8 atom stereocenters. The molecule has 1 aromatic carbocycles. The van der Waals surface area contributed by atoms with Gasteiger partial charge in [-0.25, -0.2) is 10.4 Å². The van der Waals surface area contributed by atoms with Gasteiger partial charge in [0.15, 0.2) is 0 Å². The van der Waals surface area contributed by atoms with Crippen molar-refractivity contribution >= 4 is 23.2 Å². The average molecular weight is 575 g/mol. The molecule has 2 aromatic rings. The van der Waals surface area contributed by atoms with Crippen LogP contribution in [0.5, 0.6) is 11.6 Å². The van der Waals surface area contributed by atoms with Crippen molar-refractivity contribution in [2.45, 2.75) is 68.4 Å². The monoisotopic (exact) mass is 574 g/mol. The molecule has 2 aliphatic carbocycles. The van der Waals surface area contributed by atoms with Gasteiger partial charge in [-0.15, -0.1) is 0 Å². The van der Waals surface area contributed by atoms with E-state index in [1.165, 1.54) is 0 Å². The number of hydrogen-bond acceptors (Lipinski definition) is 9. The fourth-order valence-corrected chi connectivity index (χ4v) is 8.45. The highest BCUT2D eigenvalue weighted by molar-refractivity contribution is 6.09. The zero-order chi connectivity index (χ0) is 28.6. The molecule has 2 saturated carbocycles. The number of fused-ring (bicyclic) bond motifs is 5. The topological polar surface area (TPSA) is 126 Å². The van der Waals surface area contributed by atoms with Gasteiger partial charge in [0.2, 0.25) is 11.8 Å². The van der Waals surface area contributed by atoms with Crippen LogP contribution in [0.4, 0.5) is 11.4 Å². The summed E-state index contributed by atoms with van der Waals surface area (Å²) in [4.78, 5) is 32.8. The van der Waals surface area contributed by atoms with E-state index in [-0.39, 0.29) is 30.2 Å². The third-order valence-electron chi connectivity index (χ3n) is 10.7. The molecule has 6 aliphatic rings. The fourth-order valence-electron chi connectivity index (χ4n) is 8.45. The predicted octanol–water partition coefficient (Wildman–Crippen LogP) is 2.64. The maximum Gasteiger partial charge on any atom is 0.272 e. The number of likely N-dealkylation sites (tertiary alicyclic amines) is 1. The van der Waals surface area contributed by atoms with Crippen molar-refractivity contribution in [2.24, 2.45) is 17.8 Å². The summed E-state index contributed by atoms with van der Waals surface area (Å²) in [5.41, 5.74) is 9.74. The second-order valence-electron chi connectivity index (χ2n) is 12.8. The van der Waals surface area contributed by atoms with E-state index in [1.54, 1.807) is 20.3 Å².